The molecule has 0 aliphatic heterocycles. The molecule has 3 atom stereocenters. The third-order valence-electron chi connectivity index (χ3n) is 3.44. The second-order valence-electron chi connectivity index (χ2n) is 5.57. The van der Waals surface area contributed by atoms with Crippen molar-refractivity contribution in [1.29, 1.82) is 0 Å². The van der Waals surface area contributed by atoms with Gasteiger partial charge in [0, 0.05) is 12.6 Å². The first-order valence-corrected chi connectivity index (χ1v) is 7.14. The summed E-state index contributed by atoms with van der Waals surface area (Å²) in [7, 11) is 0. The Balaban J connectivity index is 2.76. The van der Waals surface area contributed by atoms with Crippen molar-refractivity contribution in [3.63, 3.8) is 0 Å². The predicted molar refractivity (Wildman–Crippen MR) is 79.1 cm³/mol. The second kappa shape index (κ2) is 7.63. The van der Waals surface area contributed by atoms with E-state index < -0.39 is 12.2 Å². The first kappa shape index (κ1) is 16.2. The van der Waals surface area contributed by atoms with E-state index in [0.717, 1.165) is 12.0 Å². The van der Waals surface area contributed by atoms with E-state index in [4.69, 9.17) is 0 Å². The fourth-order valence-corrected chi connectivity index (χ4v) is 2.18. The Bertz CT molecular complexity index is 360. The highest BCUT2D eigenvalue weighted by molar-refractivity contribution is 5.25. The number of rotatable bonds is 7. The molecule has 1 aromatic rings. The summed E-state index contributed by atoms with van der Waals surface area (Å²) < 4.78 is 0. The van der Waals surface area contributed by atoms with Gasteiger partial charge in [-0.1, -0.05) is 45.0 Å². The van der Waals surface area contributed by atoms with Gasteiger partial charge in [0.15, 0.2) is 0 Å². The maximum Gasteiger partial charge on any atom is 0.0945 e. The summed E-state index contributed by atoms with van der Waals surface area (Å²) in [6, 6.07) is 8.04. The van der Waals surface area contributed by atoms with Gasteiger partial charge in [0.1, 0.15) is 0 Å². The Hall–Kier alpha value is -0.900. The van der Waals surface area contributed by atoms with Crippen LogP contribution in [-0.2, 0) is 6.42 Å². The average Bonchev–Trinajstić information content (AvgIpc) is 2.38. The van der Waals surface area contributed by atoms with Gasteiger partial charge in [0.2, 0.25) is 0 Å². The van der Waals surface area contributed by atoms with Crippen molar-refractivity contribution in [3.05, 3.63) is 35.4 Å². The van der Waals surface area contributed by atoms with Gasteiger partial charge in [-0.2, -0.15) is 0 Å². The Morgan fingerprint density at radius 2 is 1.63 bits per heavy atom. The molecule has 0 aliphatic rings. The minimum atomic E-state index is -0.551. The molecule has 0 saturated carbocycles. The fourth-order valence-electron chi connectivity index (χ4n) is 2.18. The molecule has 0 aromatic heterocycles. The van der Waals surface area contributed by atoms with E-state index >= 15 is 0 Å². The van der Waals surface area contributed by atoms with Crippen LogP contribution in [0.3, 0.4) is 0 Å². The van der Waals surface area contributed by atoms with Crippen molar-refractivity contribution in [2.45, 2.75) is 52.4 Å². The van der Waals surface area contributed by atoms with Crippen molar-refractivity contribution < 1.29 is 10.2 Å². The number of aliphatic hydroxyl groups excluding tert-OH is 2. The SMILES string of the molecule is CCc1ccc(C(O)C(NCC(C)O)C(C)C)cc1. The van der Waals surface area contributed by atoms with Crippen LogP contribution < -0.4 is 5.32 Å². The lowest BCUT2D eigenvalue weighted by Gasteiger charge is -2.28. The summed E-state index contributed by atoms with van der Waals surface area (Å²) in [5.74, 6) is 0.291. The molecule has 3 nitrogen and oxygen atoms in total. The molecule has 1 rings (SSSR count). The van der Waals surface area contributed by atoms with Crippen LogP contribution in [0.25, 0.3) is 0 Å². The maximum absolute atomic E-state index is 10.5. The zero-order valence-corrected chi connectivity index (χ0v) is 12.4. The van der Waals surface area contributed by atoms with E-state index in [9.17, 15) is 10.2 Å². The van der Waals surface area contributed by atoms with Gasteiger partial charge in [0.25, 0.3) is 0 Å². The molecule has 0 heterocycles. The normalized spacial score (nSPS) is 16.4. The Morgan fingerprint density at radius 1 is 1.05 bits per heavy atom. The molecule has 1 aromatic carbocycles. The number of benzene rings is 1. The monoisotopic (exact) mass is 265 g/mol. The molecular weight excluding hydrogens is 238 g/mol. The summed E-state index contributed by atoms with van der Waals surface area (Å²) in [6.07, 6.45) is 0.0464. The molecule has 0 fully saturated rings. The lowest BCUT2D eigenvalue weighted by molar-refractivity contribution is 0.0930. The van der Waals surface area contributed by atoms with Crippen molar-refractivity contribution in [3.8, 4) is 0 Å². The summed E-state index contributed by atoms with van der Waals surface area (Å²) >= 11 is 0. The molecule has 0 bridgehead atoms. The van der Waals surface area contributed by atoms with Crippen molar-refractivity contribution in [2.24, 2.45) is 5.92 Å². The lowest BCUT2D eigenvalue weighted by Crippen LogP contribution is -2.42. The minimum absolute atomic E-state index is 0.0536. The van der Waals surface area contributed by atoms with E-state index in [0.29, 0.717) is 12.5 Å². The number of nitrogens with one attached hydrogen (secondary N) is 1. The molecule has 0 spiro atoms. The molecule has 3 N–H and O–H groups in total. The van der Waals surface area contributed by atoms with E-state index in [1.165, 1.54) is 5.56 Å². The number of aliphatic hydroxyl groups is 2. The number of hydrogen-bond donors (Lipinski definition) is 3. The highest BCUT2D eigenvalue weighted by Gasteiger charge is 2.23. The zero-order valence-electron chi connectivity index (χ0n) is 12.4. The van der Waals surface area contributed by atoms with Crippen LogP contribution in [0, 0.1) is 5.92 Å². The topological polar surface area (TPSA) is 52.5 Å². The zero-order chi connectivity index (χ0) is 14.4. The molecule has 3 unspecified atom stereocenters. The van der Waals surface area contributed by atoms with E-state index in [1.807, 2.05) is 12.1 Å². The van der Waals surface area contributed by atoms with Crippen LogP contribution in [0.15, 0.2) is 24.3 Å². The Kier molecular flexibility index (Phi) is 6.49. The van der Waals surface area contributed by atoms with Gasteiger partial charge < -0.3 is 15.5 Å². The molecule has 3 heteroatoms. The van der Waals surface area contributed by atoms with Crippen LogP contribution in [0.2, 0.25) is 0 Å². The standard InChI is InChI=1S/C16H27NO2/c1-5-13-6-8-14(9-7-13)16(19)15(11(2)3)17-10-12(4)18/h6-9,11-12,15-19H,5,10H2,1-4H3. The van der Waals surface area contributed by atoms with Crippen LogP contribution in [0.4, 0.5) is 0 Å². The average molecular weight is 265 g/mol. The highest BCUT2D eigenvalue weighted by Crippen LogP contribution is 2.22. The van der Waals surface area contributed by atoms with Crippen LogP contribution in [-0.4, -0.2) is 28.9 Å². The smallest absolute Gasteiger partial charge is 0.0945 e. The lowest BCUT2D eigenvalue weighted by atomic mass is 9.92. The summed E-state index contributed by atoms with van der Waals surface area (Å²) in [6.45, 7) is 8.50. The number of hydrogen-bond acceptors (Lipinski definition) is 3. The van der Waals surface area contributed by atoms with E-state index in [1.54, 1.807) is 6.92 Å². The van der Waals surface area contributed by atoms with Crippen molar-refractivity contribution in [2.75, 3.05) is 6.54 Å². The predicted octanol–water partition coefficient (Wildman–Crippen LogP) is 2.28. The Morgan fingerprint density at radius 3 is 2.05 bits per heavy atom. The molecule has 0 saturated heterocycles. The Labute approximate surface area is 116 Å². The van der Waals surface area contributed by atoms with E-state index in [-0.39, 0.29) is 6.04 Å². The molecule has 19 heavy (non-hydrogen) atoms. The molecular formula is C16H27NO2. The van der Waals surface area contributed by atoms with Gasteiger partial charge >= 0.3 is 0 Å². The first-order valence-electron chi connectivity index (χ1n) is 7.14. The summed E-state index contributed by atoms with van der Waals surface area (Å²) in [5, 5.41) is 23.1. The fraction of sp³-hybridized carbons (Fsp3) is 0.625. The van der Waals surface area contributed by atoms with Gasteiger partial charge in [-0.25, -0.2) is 0 Å². The number of aryl methyl sites for hydroxylation is 1. The third-order valence-corrected chi connectivity index (χ3v) is 3.44. The van der Waals surface area contributed by atoms with Crippen LogP contribution >= 0.6 is 0 Å². The van der Waals surface area contributed by atoms with Crippen LogP contribution in [0.1, 0.15) is 44.9 Å². The molecule has 0 amide bonds. The largest absolute Gasteiger partial charge is 0.392 e. The molecule has 0 aliphatic carbocycles. The van der Waals surface area contributed by atoms with Crippen LogP contribution in [0.5, 0.6) is 0 Å². The van der Waals surface area contributed by atoms with Gasteiger partial charge in [0.05, 0.1) is 12.2 Å². The second-order valence-corrected chi connectivity index (χ2v) is 5.57. The van der Waals surface area contributed by atoms with E-state index in [2.05, 4.69) is 38.2 Å². The quantitative estimate of drug-likeness (QED) is 0.709. The third kappa shape index (κ3) is 4.94. The molecule has 108 valence electrons. The van der Waals surface area contributed by atoms with Gasteiger partial charge in [-0.15, -0.1) is 0 Å². The van der Waals surface area contributed by atoms with Gasteiger partial charge in [-0.3, -0.25) is 0 Å². The maximum atomic E-state index is 10.5. The van der Waals surface area contributed by atoms with Gasteiger partial charge in [-0.05, 0) is 30.4 Å². The summed E-state index contributed by atoms with van der Waals surface area (Å²) in [4.78, 5) is 0. The minimum Gasteiger partial charge on any atom is -0.392 e. The van der Waals surface area contributed by atoms with Crippen molar-refractivity contribution >= 4 is 0 Å². The highest BCUT2D eigenvalue weighted by atomic mass is 16.3. The molecule has 0 radical (unpaired) electrons. The first-order chi connectivity index (χ1) is 8.95. The summed E-state index contributed by atoms with van der Waals surface area (Å²) in [5.41, 5.74) is 2.20. The van der Waals surface area contributed by atoms with Crippen molar-refractivity contribution in [1.82, 2.24) is 5.32 Å².